The Morgan fingerprint density at radius 1 is 1.18 bits per heavy atom. The Labute approximate surface area is 102 Å². The van der Waals surface area contributed by atoms with Crippen LogP contribution in [0.4, 0.5) is 13.2 Å². The van der Waals surface area contributed by atoms with Crippen molar-refractivity contribution in [1.82, 2.24) is 4.90 Å². The number of alkyl halides is 3. The van der Waals surface area contributed by atoms with E-state index in [0.29, 0.717) is 24.9 Å². The molecule has 5 heteroatoms. The van der Waals surface area contributed by atoms with Crippen molar-refractivity contribution in [2.75, 3.05) is 26.7 Å². The van der Waals surface area contributed by atoms with E-state index < -0.39 is 12.7 Å². The third-order valence-corrected chi connectivity index (χ3v) is 3.04. The van der Waals surface area contributed by atoms with Crippen molar-refractivity contribution in [3.63, 3.8) is 0 Å². The van der Waals surface area contributed by atoms with Gasteiger partial charge in [0, 0.05) is 0 Å². The first-order valence-electron chi connectivity index (χ1n) is 6.21. The molecule has 0 spiro atoms. The molecule has 0 fully saturated rings. The zero-order valence-electron chi connectivity index (χ0n) is 11.1. The molecule has 2 N–H and O–H groups in total. The first-order valence-corrected chi connectivity index (χ1v) is 6.21. The van der Waals surface area contributed by atoms with E-state index in [2.05, 4.69) is 13.8 Å². The van der Waals surface area contributed by atoms with Crippen LogP contribution in [-0.2, 0) is 0 Å². The Balaban J connectivity index is 3.80. The number of rotatable bonds is 8. The first kappa shape index (κ1) is 16.7. The van der Waals surface area contributed by atoms with Gasteiger partial charge in [-0.15, -0.1) is 0 Å². The highest BCUT2D eigenvalue weighted by Crippen LogP contribution is 2.21. The van der Waals surface area contributed by atoms with Crippen molar-refractivity contribution >= 4 is 0 Å². The minimum Gasteiger partial charge on any atom is -0.330 e. The number of hydrogen-bond acceptors (Lipinski definition) is 2. The van der Waals surface area contributed by atoms with E-state index >= 15 is 0 Å². The van der Waals surface area contributed by atoms with Crippen LogP contribution in [0.5, 0.6) is 0 Å². The molecule has 2 nitrogen and oxygen atoms in total. The third kappa shape index (κ3) is 9.41. The van der Waals surface area contributed by atoms with E-state index in [1.54, 1.807) is 0 Å². The van der Waals surface area contributed by atoms with Gasteiger partial charge in [-0.05, 0) is 51.2 Å². The van der Waals surface area contributed by atoms with E-state index in [4.69, 9.17) is 5.73 Å². The number of hydrogen-bond donors (Lipinski definition) is 1. The third-order valence-electron chi connectivity index (χ3n) is 3.04. The molecule has 0 aromatic rings. The molecule has 104 valence electrons. The quantitative estimate of drug-likeness (QED) is 0.721. The average Bonchev–Trinajstić information content (AvgIpc) is 2.13. The minimum atomic E-state index is -4.09. The van der Waals surface area contributed by atoms with Crippen molar-refractivity contribution in [3.8, 4) is 0 Å². The van der Waals surface area contributed by atoms with Crippen molar-refractivity contribution in [2.24, 2.45) is 17.6 Å². The Bertz CT molecular complexity index is 193. The summed E-state index contributed by atoms with van der Waals surface area (Å²) in [4.78, 5) is 1.33. The molecule has 0 aliphatic heterocycles. The van der Waals surface area contributed by atoms with Gasteiger partial charge in [-0.3, -0.25) is 4.90 Å². The summed E-state index contributed by atoms with van der Waals surface area (Å²) in [6.07, 6.45) is -1.38. The van der Waals surface area contributed by atoms with E-state index in [1.807, 2.05) is 0 Å². The highest BCUT2D eigenvalue weighted by atomic mass is 19.4. The largest absolute Gasteiger partial charge is 0.401 e. The van der Waals surface area contributed by atoms with Crippen molar-refractivity contribution in [1.29, 1.82) is 0 Å². The fraction of sp³-hybridized carbons (Fsp3) is 1.00. The number of nitrogens with two attached hydrogens (primary N) is 1. The molecule has 0 bridgehead atoms. The van der Waals surface area contributed by atoms with Gasteiger partial charge >= 0.3 is 6.18 Å². The van der Waals surface area contributed by atoms with Crippen LogP contribution in [-0.4, -0.2) is 37.8 Å². The summed E-state index contributed by atoms with van der Waals surface area (Å²) in [7, 11) is 1.51. The van der Waals surface area contributed by atoms with Crippen LogP contribution in [0.1, 0.15) is 33.1 Å². The van der Waals surface area contributed by atoms with Crippen molar-refractivity contribution in [3.05, 3.63) is 0 Å². The summed E-state index contributed by atoms with van der Waals surface area (Å²) < 4.78 is 36.2. The summed E-state index contributed by atoms with van der Waals surface area (Å²) in [6, 6.07) is 0. The van der Waals surface area contributed by atoms with Gasteiger partial charge in [-0.2, -0.15) is 13.2 Å². The molecule has 17 heavy (non-hydrogen) atoms. The maximum atomic E-state index is 12.1. The molecule has 0 aromatic heterocycles. The van der Waals surface area contributed by atoms with Crippen LogP contribution in [0.15, 0.2) is 0 Å². The summed E-state index contributed by atoms with van der Waals surface area (Å²) in [5.41, 5.74) is 5.52. The predicted molar refractivity (Wildman–Crippen MR) is 64.8 cm³/mol. The molecule has 1 atom stereocenters. The minimum absolute atomic E-state index is 0.493. The normalized spacial score (nSPS) is 14.6. The van der Waals surface area contributed by atoms with Gasteiger partial charge in [-0.1, -0.05) is 13.8 Å². The van der Waals surface area contributed by atoms with E-state index in [0.717, 1.165) is 19.3 Å². The van der Waals surface area contributed by atoms with Crippen LogP contribution < -0.4 is 5.73 Å². The molecule has 0 amide bonds. The zero-order chi connectivity index (χ0) is 13.5. The van der Waals surface area contributed by atoms with Crippen molar-refractivity contribution in [2.45, 2.75) is 39.3 Å². The van der Waals surface area contributed by atoms with Gasteiger partial charge in [0.05, 0.1) is 6.54 Å². The standard InChI is InChI=1S/C12H25F3N2/c1-10(2)11(6-7-16)5-4-8-17(3)9-12(13,14)15/h10-11H,4-9,16H2,1-3H3. The number of nitrogens with zero attached hydrogens (tertiary/aromatic N) is 1. The molecule has 0 aromatic carbocycles. The van der Waals surface area contributed by atoms with Crippen LogP contribution in [0.3, 0.4) is 0 Å². The SMILES string of the molecule is CC(C)C(CCN)CCCN(C)CC(F)(F)F. The lowest BCUT2D eigenvalue weighted by molar-refractivity contribution is -0.143. The van der Waals surface area contributed by atoms with E-state index in [9.17, 15) is 13.2 Å². The molecule has 0 saturated heterocycles. The van der Waals surface area contributed by atoms with Crippen LogP contribution >= 0.6 is 0 Å². The second-order valence-electron chi connectivity index (χ2n) is 5.08. The molecule has 0 heterocycles. The second kappa shape index (κ2) is 7.93. The smallest absolute Gasteiger partial charge is 0.330 e. The first-order chi connectivity index (χ1) is 7.76. The van der Waals surface area contributed by atoms with Crippen LogP contribution in [0, 0.1) is 11.8 Å². The maximum absolute atomic E-state index is 12.1. The molecule has 0 aliphatic rings. The highest BCUT2D eigenvalue weighted by molar-refractivity contribution is 4.66. The molecular formula is C12H25F3N2. The Morgan fingerprint density at radius 2 is 1.76 bits per heavy atom. The maximum Gasteiger partial charge on any atom is 0.401 e. The zero-order valence-corrected chi connectivity index (χ0v) is 11.1. The molecular weight excluding hydrogens is 229 g/mol. The lowest BCUT2D eigenvalue weighted by atomic mass is 9.88. The Hall–Kier alpha value is -0.290. The molecule has 0 saturated carbocycles. The lowest BCUT2D eigenvalue weighted by Crippen LogP contribution is -2.32. The van der Waals surface area contributed by atoms with E-state index in [1.165, 1.54) is 11.9 Å². The topological polar surface area (TPSA) is 29.3 Å². The van der Waals surface area contributed by atoms with Gasteiger partial charge < -0.3 is 5.73 Å². The highest BCUT2D eigenvalue weighted by Gasteiger charge is 2.28. The molecule has 0 aliphatic carbocycles. The van der Waals surface area contributed by atoms with E-state index in [-0.39, 0.29) is 0 Å². The Morgan fingerprint density at radius 3 is 2.18 bits per heavy atom. The van der Waals surface area contributed by atoms with Crippen LogP contribution in [0.2, 0.25) is 0 Å². The fourth-order valence-electron chi connectivity index (χ4n) is 2.03. The van der Waals surface area contributed by atoms with Gasteiger partial charge in [-0.25, -0.2) is 0 Å². The fourth-order valence-corrected chi connectivity index (χ4v) is 2.03. The molecule has 0 rings (SSSR count). The van der Waals surface area contributed by atoms with Crippen molar-refractivity contribution < 1.29 is 13.2 Å². The molecule has 1 unspecified atom stereocenters. The van der Waals surface area contributed by atoms with Gasteiger partial charge in [0.15, 0.2) is 0 Å². The molecule has 0 radical (unpaired) electrons. The lowest BCUT2D eigenvalue weighted by Gasteiger charge is -2.22. The number of halogens is 3. The second-order valence-corrected chi connectivity index (χ2v) is 5.08. The summed E-state index contributed by atoms with van der Waals surface area (Å²) >= 11 is 0. The van der Waals surface area contributed by atoms with Gasteiger partial charge in [0.2, 0.25) is 0 Å². The summed E-state index contributed by atoms with van der Waals surface area (Å²) in [5.74, 6) is 1.07. The van der Waals surface area contributed by atoms with Crippen LogP contribution in [0.25, 0.3) is 0 Å². The summed E-state index contributed by atoms with van der Waals surface area (Å²) in [5, 5.41) is 0. The Kier molecular flexibility index (Phi) is 7.79. The summed E-state index contributed by atoms with van der Waals surface area (Å²) in [6.45, 7) is 4.60. The van der Waals surface area contributed by atoms with Gasteiger partial charge in [0.1, 0.15) is 0 Å². The average molecular weight is 254 g/mol. The monoisotopic (exact) mass is 254 g/mol. The predicted octanol–water partition coefficient (Wildman–Crippen LogP) is 2.88. The van der Waals surface area contributed by atoms with Gasteiger partial charge in [0.25, 0.3) is 0 Å².